The van der Waals surface area contributed by atoms with E-state index in [-0.39, 0.29) is 12.6 Å². The zero-order chi connectivity index (χ0) is 12.6. The molecule has 1 aliphatic rings. The third-order valence-electron chi connectivity index (χ3n) is 3.16. The molecular formula is C11H23NO3S. The fourth-order valence-electron chi connectivity index (χ4n) is 1.68. The van der Waals surface area contributed by atoms with Crippen molar-refractivity contribution in [2.45, 2.75) is 56.1 Å². The summed E-state index contributed by atoms with van der Waals surface area (Å²) < 4.78 is 28.6. The molecule has 2 N–H and O–H groups in total. The van der Waals surface area contributed by atoms with Crippen LogP contribution in [0.3, 0.4) is 0 Å². The van der Waals surface area contributed by atoms with Crippen LogP contribution in [0.5, 0.6) is 0 Å². The van der Waals surface area contributed by atoms with E-state index in [0.717, 1.165) is 12.8 Å². The van der Waals surface area contributed by atoms with Crippen LogP contribution in [0.4, 0.5) is 0 Å². The predicted octanol–water partition coefficient (Wildman–Crippen LogP) is 1.10. The van der Waals surface area contributed by atoms with E-state index in [1.165, 1.54) is 0 Å². The molecular weight excluding hydrogens is 226 g/mol. The maximum absolute atomic E-state index is 12.3. The van der Waals surface area contributed by atoms with E-state index in [9.17, 15) is 8.42 Å². The van der Waals surface area contributed by atoms with Gasteiger partial charge in [0.25, 0.3) is 0 Å². The summed E-state index contributed by atoms with van der Waals surface area (Å²) in [7, 11) is -3.13. The maximum atomic E-state index is 12.3. The molecule has 0 saturated heterocycles. The zero-order valence-electron chi connectivity index (χ0n) is 10.6. The number of rotatable bonds is 6. The van der Waals surface area contributed by atoms with Crippen molar-refractivity contribution >= 4 is 9.84 Å². The van der Waals surface area contributed by atoms with Gasteiger partial charge in [0.05, 0.1) is 22.7 Å². The lowest BCUT2D eigenvalue weighted by Crippen LogP contribution is -2.44. The molecule has 1 aliphatic carbocycles. The number of hydrogen-bond acceptors (Lipinski definition) is 4. The Kier molecular flexibility index (Phi) is 3.72. The summed E-state index contributed by atoms with van der Waals surface area (Å²) in [6, 6.07) is -0.0602. The minimum atomic E-state index is -3.13. The second-order valence-corrected chi connectivity index (χ2v) is 8.80. The predicted molar refractivity (Wildman–Crippen MR) is 65.1 cm³/mol. The number of nitrogens with two attached hydrogens (primary N) is 1. The Morgan fingerprint density at radius 3 is 2.31 bits per heavy atom. The molecule has 0 aromatic carbocycles. The van der Waals surface area contributed by atoms with Crippen LogP contribution in [0.15, 0.2) is 0 Å². The van der Waals surface area contributed by atoms with Crippen molar-refractivity contribution in [3.8, 4) is 0 Å². The highest BCUT2D eigenvalue weighted by molar-refractivity contribution is 7.94. The average Bonchev–Trinajstić information content (AvgIpc) is 2.83. The Hall–Kier alpha value is -0.130. The fraction of sp³-hybridized carbons (Fsp3) is 1.00. The molecule has 1 rings (SSSR count). The van der Waals surface area contributed by atoms with Crippen LogP contribution in [0, 0.1) is 0 Å². The third kappa shape index (κ3) is 2.57. The van der Waals surface area contributed by atoms with Crippen molar-refractivity contribution < 1.29 is 13.2 Å². The largest absolute Gasteiger partial charge is 0.378 e. The van der Waals surface area contributed by atoms with Crippen molar-refractivity contribution in [3.05, 3.63) is 0 Å². The van der Waals surface area contributed by atoms with E-state index in [4.69, 9.17) is 10.5 Å². The summed E-state index contributed by atoms with van der Waals surface area (Å²) in [6.45, 7) is 7.72. The van der Waals surface area contributed by atoms with Crippen LogP contribution in [0.1, 0.15) is 40.5 Å². The van der Waals surface area contributed by atoms with Crippen LogP contribution >= 0.6 is 0 Å². The molecule has 0 radical (unpaired) electrons. The number of ether oxygens (including phenoxy) is 1. The molecule has 0 bridgehead atoms. The van der Waals surface area contributed by atoms with Gasteiger partial charge in [-0.3, -0.25) is 0 Å². The summed E-state index contributed by atoms with van der Waals surface area (Å²) in [5.74, 6) is 0. The van der Waals surface area contributed by atoms with Crippen LogP contribution in [-0.4, -0.2) is 37.2 Å². The topological polar surface area (TPSA) is 69.4 Å². The summed E-state index contributed by atoms with van der Waals surface area (Å²) >= 11 is 0. The van der Waals surface area contributed by atoms with Gasteiger partial charge in [-0.15, -0.1) is 0 Å². The van der Waals surface area contributed by atoms with Gasteiger partial charge in [-0.25, -0.2) is 8.42 Å². The Morgan fingerprint density at radius 1 is 1.44 bits per heavy atom. The van der Waals surface area contributed by atoms with Crippen molar-refractivity contribution in [2.75, 3.05) is 13.2 Å². The lowest BCUT2D eigenvalue weighted by molar-refractivity contribution is 0.108. The van der Waals surface area contributed by atoms with Crippen LogP contribution in [0.2, 0.25) is 0 Å². The molecule has 0 aliphatic heterocycles. The van der Waals surface area contributed by atoms with Gasteiger partial charge in [0.2, 0.25) is 0 Å². The molecule has 1 fully saturated rings. The summed E-state index contributed by atoms with van der Waals surface area (Å²) in [4.78, 5) is 0. The molecule has 0 aromatic rings. The summed E-state index contributed by atoms with van der Waals surface area (Å²) in [6.07, 6.45) is 1.54. The van der Waals surface area contributed by atoms with E-state index in [2.05, 4.69) is 0 Å². The SMILES string of the molecule is CC(N)COCC(C)(C)S(=O)(=O)C1(C)CC1. The molecule has 0 spiro atoms. The lowest BCUT2D eigenvalue weighted by Gasteiger charge is -2.28. The monoisotopic (exact) mass is 249 g/mol. The quantitative estimate of drug-likeness (QED) is 0.765. The van der Waals surface area contributed by atoms with Gasteiger partial charge in [-0.05, 0) is 40.5 Å². The van der Waals surface area contributed by atoms with Gasteiger partial charge < -0.3 is 10.5 Å². The molecule has 0 aromatic heterocycles. The maximum Gasteiger partial charge on any atom is 0.163 e. The summed E-state index contributed by atoms with van der Waals surface area (Å²) in [5.41, 5.74) is 5.55. The smallest absolute Gasteiger partial charge is 0.163 e. The van der Waals surface area contributed by atoms with Gasteiger partial charge in [0, 0.05) is 6.04 Å². The second-order valence-electron chi connectivity index (χ2n) is 5.71. The van der Waals surface area contributed by atoms with Crippen molar-refractivity contribution in [1.82, 2.24) is 0 Å². The first-order chi connectivity index (χ1) is 7.12. The molecule has 0 heterocycles. The van der Waals surface area contributed by atoms with Crippen LogP contribution < -0.4 is 5.73 Å². The second kappa shape index (κ2) is 4.27. The highest BCUT2D eigenvalue weighted by atomic mass is 32.2. The van der Waals surface area contributed by atoms with Crippen LogP contribution in [-0.2, 0) is 14.6 Å². The Labute approximate surface area is 98.5 Å². The average molecular weight is 249 g/mol. The first kappa shape index (κ1) is 13.9. The first-order valence-electron chi connectivity index (χ1n) is 5.70. The van der Waals surface area contributed by atoms with Gasteiger partial charge in [0.1, 0.15) is 0 Å². The minimum absolute atomic E-state index is 0.0602. The molecule has 1 atom stereocenters. The highest BCUT2D eigenvalue weighted by Gasteiger charge is 2.56. The van der Waals surface area contributed by atoms with E-state index >= 15 is 0 Å². The van der Waals surface area contributed by atoms with Crippen molar-refractivity contribution in [1.29, 1.82) is 0 Å². The summed E-state index contributed by atoms with van der Waals surface area (Å²) in [5, 5.41) is 0. The zero-order valence-corrected chi connectivity index (χ0v) is 11.4. The standard InChI is InChI=1S/C11H23NO3S/c1-9(12)7-15-8-10(2,3)16(13,14)11(4)5-6-11/h9H,5-8,12H2,1-4H3. The van der Waals surface area contributed by atoms with Gasteiger partial charge >= 0.3 is 0 Å². The molecule has 4 nitrogen and oxygen atoms in total. The molecule has 16 heavy (non-hydrogen) atoms. The molecule has 1 saturated carbocycles. The molecule has 5 heteroatoms. The third-order valence-corrected chi connectivity index (χ3v) is 6.44. The Bertz CT molecular complexity index is 342. The van der Waals surface area contributed by atoms with Crippen molar-refractivity contribution in [2.24, 2.45) is 5.73 Å². The molecule has 1 unspecified atom stereocenters. The van der Waals surface area contributed by atoms with E-state index in [1.54, 1.807) is 13.8 Å². The van der Waals surface area contributed by atoms with E-state index in [1.807, 2.05) is 13.8 Å². The van der Waals surface area contributed by atoms with Crippen LogP contribution in [0.25, 0.3) is 0 Å². The van der Waals surface area contributed by atoms with Crippen molar-refractivity contribution in [3.63, 3.8) is 0 Å². The molecule has 96 valence electrons. The minimum Gasteiger partial charge on any atom is -0.378 e. The van der Waals surface area contributed by atoms with Gasteiger partial charge in [-0.2, -0.15) is 0 Å². The number of hydrogen-bond donors (Lipinski definition) is 1. The van der Waals surface area contributed by atoms with Gasteiger partial charge in [-0.1, -0.05) is 0 Å². The lowest BCUT2D eigenvalue weighted by atomic mass is 10.2. The number of sulfone groups is 1. The van der Waals surface area contributed by atoms with Gasteiger partial charge in [0.15, 0.2) is 9.84 Å². The fourth-order valence-corrected chi connectivity index (χ4v) is 3.89. The normalized spacial score (nSPS) is 21.8. The molecule has 0 amide bonds. The van der Waals surface area contributed by atoms with E-state index in [0.29, 0.717) is 6.61 Å². The first-order valence-corrected chi connectivity index (χ1v) is 7.18. The van der Waals surface area contributed by atoms with E-state index < -0.39 is 19.3 Å². The Morgan fingerprint density at radius 2 is 1.94 bits per heavy atom. The highest BCUT2D eigenvalue weighted by Crippen LogP contribution is 2.47. The Balaban J connectivity index is 2.63.